The van der Waals surface area contributed by atoms with Crippen LogP contribution in [0.2, 0.25) is 0 Å². The summed E-state index contributed by atoms with van der Waals surface area (Å²) in [5.41, 5.74) is 1.95. The van der Waals surface area contributed by atoms with Gasteiger partial charge in [-0.05, 0) is 43.2 Å². The first kappa shape index (κ1) is 24.9. The number of carbonyl (C=O) groups excluding carboxylic acids is 1. The highest BCUT2D eigenvalue weighted by molar-refractivity contribution is 14.0. The molecule has 2 aromatic rings. The van der Waals surface area contributed by atoms with Crippen molar-refractivity contribution in [3.63, 3.8) is 0 Å². The molecular formula is C23H33IN6O. The number of hydrogen-bond acceptors (Lipinski definition) is 4. The summed E-state index contributed by atoms with van der Waals surface area (Å²) in [5, 5.41) is 6.33. The van der Waals surface area contributed by atoms with Crippen molar-refractivity contribution in [1.29, 1.82) is 0 Å². The average Bonchev–Trinajstić information content (AvgIpc) is 2.78. The first-order valence-corrected chi connectivity index (χ1v) is 10.8. The second kappa shape index (κ2) is 13.1. The molecule has 7 nitrogen and oxygen atoms in total. The fraction of sp³-hybridized carbons (Fsp3) is 0.435. The zero-order valence-electron chi connectivity index (χ0n) is 18.4. The third-order valence-corrected chi connectivity index (χ3v) is 5.01. The number of guanidine groups is 1. The Morgan fingerprint density at radius 2 is 1.81 bits per heavy atom. The maximum absolute atomic E-state index is 11.7. The van der Waals surface area contributed by atoms with Crippen molar-refractivity contribution >= 4 is 47.3 Å². The molecule has 0 saturated carbocycles. The van der Waals surface area contributed by atoms with Gasteiger partial charge in [-0.3, -0.25) is 4.79 Å². The minimum atomic E-state index is 0. The normalized spacial score (nSPS) is 14.1. The van der Waals surface area contributed by atoms with Crippen LogP contribution in [-0.2, 0) is 11.3 Å². The van der Waals surface area contributed by atoms with E-state index in [1.165, 1.54) is 0 Å². The highest BCUT2D eigenvalue weighted by Gasteiger charge is 2.20. The molecule has 2 N–H and O–H groups in total. The third kappa shape index (κ3) is 7.68. The number of aliphatic imine (C=N–C) groups is 1. The molecule has 0 aliphatic carbocycles. The second-order valence-electron chi connectivity index (χ2n) is 7.33. The van der Waals surface area contributed by atoms with Gasteiger partial charge in [-0.2, -0.15) is 0 Å². The average molecular weight is 536 g/mol. The Morgan fingerprint density at radius 3 is 2.42 bits per heavy atom. The number of piperazine rings is 1. The lowest BCUT2D eigenvalue weighted by Crippen LogP contribution is -2.52. The van der Waals surface area contributed by atoms with Gasteiger partial charge >= 0.3 is 0 Å². The predicted molar refractivity (Wildman–Crippen MR) is 138 cm³/mol. The molecule has 31 heavy (non-hydrogen) atoms. The van der Waals surface area contributed by atoms with E-state index in [0.717, 1.165) is 62.2 Å². The van der Waals surface area contributed by atoms with Crippen LogP contribution in [-0.4, -0.2) is 54.5 Å². The van der Waals surface area contributed by atoms with E-state index in [4.69, 9.17) is 4.99 Å². The van der Waals surface area contributed by atoms with Crippen LogP contribution < -0.4 is 15.5 Å². The Labute approximate surface area is 202 Å². The molecule has 0 bridgehead atoms. The zero-order chi connectivity index (χ0) is 21.2. The topological polar surface area (TPSA) is 72.9 Å². The van der Waals surface area contributed by atoms with Gasteiger partial charge in [0.1, 0.15) is 5.82 Å². The second-order valence-corrected chi connectivity index (χ2v) is 7.33. The van der Waals surface area contributed by atoms with Gasteiger partial charge in [0.15, 0.2) is 5.96 Å². The molecule has 0 atom stereocenters. The van der Waals surface area contributed by atoms with Crippen molar-refractivity contribution in [3.05, 3.63) is 54.2 Å². The van der Waals surface area contributed by atoms with Gasteiger partial charge in [-0.1, -0.05) is 25.1 Å². The van der Waals surface area contributed by atoms with Gasteiger partial charge in [-0.25, -0.2) is 9.98 Å². The van der Waals surface area contributed by atoms with Crippen molar-refractivity contribution in [1.82, 2.24) is 15.2 Å². The smallest absolute Gasteiger partial charge is 0.224 e. The Bertz CT molecular complexity index is 820. The number of benzene rings is 1. The molecule has 1 fully saturated rings. The van der Waals surface area contributed by atoms with Crippen LogP contribution >= 0.6 is 24.0 Å². The number of nitrogens with zero attached hydrogens (tertiary/aromatic N) is 4. The van der Waals surface area contributed by atoms with Crippen molar-refractivity contribution < 1.29 is 4.79 Å². The molecule has 1 saturated heterocycles. The minimum absolute atomic E-state index is 0. The largest absolute Gasteiger partial charge is 0.357 e. The fourth-order valence-corrected chi connectivity index (χ4v) is 3.42. The first-order valence-electron chi connectivity index (χ1n) is 10.8. The number of nitrogens with one attached hydrogen (secondary N) is 2. The molecular weight excluding hydrogens is 503 g/mol. The predicted octanol–water partition coefficient (Wildman–Crippen LogP) is 3.73. The number of hydrogen-bond donors (Lipinski definition) is 2. The molecule has 0 spiro atoms. The molecule has 1 aliphatic rings. The lowest BCUT2D eigenvalue weighted by molar-refractivity contribution is -0.116. The fourth-order valence-electron chi connectivity index (χ4n) is 3.42. The molecule has 2 heterocycles. The van der Waals surface area contributed by atoms with Crippen LogP contribution in [0.15, 0.2) is 53.7 Å². The maximum atomic E-state index is 11.7. The van der Waals surface area contributed by atoms with Crippen molar-refractivity contribution in [3.8, 4) is 0 Å². The van der Waals surface area contributed by atoms with E-state index in [9.17, 15) is 4.79 Å². The van der Waals surface area contributed by atoms with E-state index in [-0.39, 0.29) is 29.9 Å². The highest BCUT2D eigenvalue weighted by atomic mass is 127. The van der Waals surface area contributed by atoms with Crippen molar-refractivity contribution in [2.45, 2.75) is 33.2 Å². The van der Waals surface area contributed by atoms with Crippen molar-refractivity contribution in [2.24, 2.45) is 4.99 Å². The van der Waals surface area contributed by atoms with Crippen LogP contribution in [0.4, 0.5) is 11.5 Å². The third-order valence-electron chi connectivity index (χ3n) is 5.01. The minimum Gasteiger partial charge on any atom is -0.357 e. The molecule has 8 heteroatoms. The van der Waals surface area contributed by atoms with E-state index < -0.39 is 0 Å². The SMILES string of the molecule is CCCC(=O)Nc1ccc(CN=C(NCC)N2CCN(c3ccccn3)CC2)cc1.I. The summed E-state index contributed by atoms with van der Waals surface area (Å²) in [4.78, 5) is 25.6. The Balaban J connectivity index is 0.00000341. The van der Waals surface area contributed by atoms with Crippen LogP contribution in [0.25, 0.3) is 0 Å². The Morgan fingerprint density at radius 1 is 1.06 bits per heavy atom. The number of carbonyl (C=O) groups is 1. The van der Waals surface area contributed by atoms with Crippen LogP contribution in [0.5, 0.6) is 0 Å². The monoisotopic (exact) mass is 536 g/mol. The summed E-state index contributed by atoms with van der Waals surface area (Å²) in [5.74, 6) is 2.03. The molecule has 1 aliphatic heterocycles. The van der Waals surface area contributed by atoms with E-state index >= 15 is 0 Å². The standard InChI is InChI=1S/C23H32N6O.HI/c1-3-7-22(30)27-20-11-9-19(10-12-20)18-26-23(24-4-2)29-16-14-28(15-17-29)21-8-5-6-13-25-21;/h5-6,8-13H,3-4,7,14-18H2,1-2H3,(H,24,26)(H,27,30);1H. The van der Waals surface area contributed by atoms with E-state index in [1.54, 1.807) is 0 Å². The number of aromatic nitrogens is 1. The zero-order valence-corrected chi connectivity index (χ0v) is 20.7. The van der Waals surface area contributed by atoms with Gasteiger partial charge in [0.05, 0.1) is 6.54 Å². The number of pyridine rings is 1. The molecule has 1 aromatic carbocycles. The number of rotatable bonds is 7. The number of halogens is 1. The van der Waals surface area contributed by atoms with E-state index in [0.29, 0.717) is 13.0 Å². The first-order chi connectivity index (χ1) is 14.7. The van der Waals surface area contributed by atoms with E-state index in [2.05, 4.69) is 38.4 Å². The number of anilines is 2. The summed E-state index contributed by atoms with van der Waals surface area (Å²) in [6.45, 7) is 9.19. The Hall–Kier alpha value is -2.36. The lowest BCUT2D eigenvalue weighted by Gasteiger charge is -2.37. The number of amides is 1. The molecule has 0 unspecified atom stereocenters. The summed E-state index contributed by atoms with van der Waals surface area (Å²) in [7, 11) is 0. The summed E-state index contributed by atoms with van der Waals surface area (Å²) in [6, 6.07) is 14.0. The molecule has 1 amide bonds. The van der Waals surface area contributed by atoms with Gasteiger partial charge < -0.3 is 20.4 Å². The molecule has 1 aromatic heterocycles. The molecule has 168 valence electrons. The summed E-state index contributed by atoms with van der Waals surface area (Å²) >= 11 is 0. The summed E-state index contributed by atoms with van der Waals surface area (Å²) in [6.07, 6.45) is 3.24. The van der Waals surface area contributed by atoms with Gasteiger partial charge in [0, 0.05) is 51.0 Å². The Kier molecular flexibility index (Phi) is 10.6. The van der Waals surface area contributed by atoms with Crippen LogP contribution in [0.1, 0.15) is 32.3 Å². The summed E-state index contributed by atoms with van der Waals surface area (Å²) < 4.78 is 0. The van der Waals surface area contributed by atoms with E-state index in [1.807, 2.05) is 49.5 Å². The van der Waals surface area contributed by atoms with Gasteiger partial charge in [0.25, 0.3) is 0 Å². The highest BCUT2D eigenvalue weighted by Crippen LogP contribution is 2.14. The van der Waals surface area contributed by atoms with Gasteiger partial charge in [-0.15, -0.1) is 24.0 Å². The molecule has 0 radical (unpaired) electrons. The van der Waals surface area contributed by atoms with Gasteiger partial charge in [0.2, 0.25) is 5.91 Å². The van der Waals surface area contributed by atoms with Crippen LogP contribution in [0.3, 0.4) is 0 Å². The lowest BCUT2D eigenvalue weighted by atomic mass is 10.2. The molecule has 3 rings (SSSR count). The maximum Gasteiger partial charge on any atom is 0.224 e. The quantitative estimate of drug-likeness (QED) is 0.321. The van der Waals surface area contributed by atoms with Crippen molar-refractivity contribution in [2.75, 3.05) is 42.9 Å². The van der Waals surface area contributed by atoms with Crippen LogP contribution in [0, 0.1) is 0 Å².